The van der Waals surface area contributed by atoms with Gasteiger partial charge in [0, 0.05) is 32.7 Å². The SMILES string of the molecule is CC(C)c1cc(C(C)C)c2c(ccc3c(-c4cccc5c4oc4nc(-c6ccccc6)ccc45)ncnc32)c1. The molecule has 0 aliphatic heterocycles. The van der Waals surface area contributed by atoms with Gasteiger partial charge in [0.15, 0.2) is 0 Å². The summed E-state index contributed by atoms with van der Waals surface area (Å²) in [6, 6.07) is 29.6. The van der Waals surface area contributed by atoms with E-state index in [0.717, 1.165) is 49.8 Å². The summed E-state index contributed by atoms with van der Waals surface area (Å²) in [5, 5.41) is 5.49. The van der Waals surface area contributed by atoms with Crippen LogP contribution in [0.25, 0.3) is 66.3 Å². The molecule has 0 bridgehead atoms. The zero-order chi connectivity index (χ0) is 26.7. The molecule has 4 nitrogen and oxygen atoms in total. The molecule has 3 heterocycles. The summed E-state index contributed by atoms with van der Waals surface area (Å²) in [5.74, 6) is 0.837. The molecule has 0 atom stereocenters. The highest BCUT2D eigenvalue weighted by atomic mass is 16.3. The molecule has 7 aromatic rings. The average molecular weight is 508 g/mol. The molecule has 0 aliphatic rings. The molecule has 0 radical (unpaired) electrons. The maximum absolute atomic E-state index is 6.47. The molecule has 0 N–H and O–H groups in total. The van der Waals surface area contributed by atoms with Gasteiger partial charge in [-0.1, -0.05) is 88.4 Å². The molecule has 7 rings (SSSR count). The second-order valence-corrected chi connectivity index (χ2v) is 10.9. The van der Waals surface area contributed by atoms with Gasteiger partial charge >= 0.3 is 0 Å². The Morgan fingerprint density at radius 1 is 0.692 bits per heavy atom. The third-order valence-corrected chi connectivity index (χ3v) is 7.75. The number of benzene rings is 4. The topological polar surface area (TPSA) is 51.8 Å². The molecule has 0 aliphatic carbocycles. The number of rotatable bonds is 4. The molecule has 0 saturated heterocycles. The van der Waals surface area contributed by atoms with Crippen molar-refractivity contribution in [3.63, 3.8) is 0 Å². The largest absolute Gasteiger partial charge is 0.437 e. The van der Waals surface area contributed by atoms with Crippen LogP contribution >= 0.6 is 0 Å². The van der Waals surface area contributed by atoms with Crippen LogP contribution in [0.5, 0.6) is 0 Å². The number of furan rings is 1. The van der Waals surface area contributed by atoms with Gasteiger partial charge in [-0.05, 0) is 52.6 Å². The van der Waals surface area contributed by atoms with Crippen LogP contribution in [0.2, 0.25) is 0 Å². The molecular weight excluding hydrogens is 478 g/mol. The highest BCUT2D eigenvalue weighted by Gasteiger charge is 2.19. The second kappa shape index (κ2) is 9.02. The van der Waals surface area contributed by atoms with Crippen molar-refractivity contribution in [2.45, 2.75) is 39.5 Å². The van der Waals surface area contributed by atoms with Crippen LogP contribution in [-0.2, 0) is 0 Å². The van der Waals surface area contributed by atoms with Crippen molar-refractivity contribution >= 4 is 43.7 Å². The first-order valence-electron chi connectivity index (χ1n) is 13.6. The van der Waals surface area contributed by atoms with Gasteiger partial charge in [0.1, 0.15) is 11.9 Å². The Morgan fingerprint density at radius 3 is 2.31 bits per heavy atom. The van der Waals surface area contributed by atoms with Crippen molar-refractivity contribution < 1.29 is 4.42 Å². The molecule has 190 valence electrons. The van der Waals surface area contributed by atoms with E-state index >= 15 is 0 Å². The highest BCUT2D eigenvalue weighted by Crippen LogP contribution is 2.40. The van der Waals surface area contributed by atoms with Gasteiger partial charge in [-0.25, -0.2) is 15.0 Å². The lowest BCUT2D eigenvalue weighted by Crippen LogP contribution is -1.98. The zero-order valence-electron chi connectivity index (χ0n) is 22.6. The molecule has 39 heavy (non-hydrogen) atoms. The third-order valence-electron chi connectivity index (χ3n) is 7.75. The van der Waals surface area contributed by atoms with Gasteiger partial charge in [-0.15, -0.1) is 0 Å². The first kappa shape index (κ1) is 23.5. The summed E-state index contributed by atoms with van der Waals surface area (Å²) < 4.78 is 6.47. The highest BCUT2D eigenvalue weighted by molar-refractivity contribution is 6.14. The van der Waals surface area contributed by atoms with E-state index in [4.69, 9.17) is 19.4 Å². The van der Waals surface area contributed by atoms with Crippen LogP contribution in [0.15, 0.2) is 95.7 Å². The van der Waals surface area contributed by atoms with Crippen LogP contribution in [0, 0.1) is 0 Å². The van der Waals surface area contributed by atoms with Gasteiger partial charge in [0.2, 0.25) is 5.71 Å². The molecule has 4 heteroatoms. The minimum absolute atomic E-state index is 0.374. The van der Waals surface area contributed by atoms with Crippen molar-refractivity contribution in [2.75, 3.05) is 0 Å². The number of para-hydroxylation sites is 1. The number of hydrogen-bond acceptors (Lipinski definition) is 4. The Labute approximate surface area is 227 Å². The van der Waals surface area contributed by atoms with Crippen molar-refractivity contribution in [3.8, 4) is 22.5 Å². The predicted molar refractivity (Wildman–Crippen MR) is 161 cm³/mol. The summed E-state index contributed by atoms with van der Waals surface area (Å²) in [6.07, 6.45) is 1.69. The quantitative estimate of drug-likeness (QED) is 0.223. The summed E-state index contributed by atoms with van der Waals surface area (Å²) >= 11 is 0. The van der Waals surface area contributed by atoms with Crippen molar-refractivity contribution in [2.24, 2.45) is 0 Å². The number of fused-ring (bicyclic) bond motifs is 6. The van der Waals surface area contributed by atoms with Crippen LogP contribution in [0.4, 0.5) is 0 Å². The van der Waals surface area contributed by atoms with Crippen molar-refractivity contribution in [1.82, 2.24) is 15.0 Å². The van der Waals surface area contributed by atoms with E-state index in [0.29, 0.717) is 17.5 Å². The summed E-state index contributed by atoms with van der Waals surface area (Å²) in [6.45, 7) is 9.01. The first-order valence-corrected chi connectivity index (χ1v) is 13.6. The molecule has 0 fully saturated rings. The zero-order valence-corrected chi connectivity index (χ0v) is 22.6. The van der Waals surface area contributed by atoms with E-state index in [1.165, 1.54) is 21.9 Å². The maximum atomic E-state index is 6.47. The number of hydrogen-bond donors (Lipinski definition) is 0. The van der Waals surface area contributed by atoms with Crippen LogP contribution in [0.3, 0.4) is 0 Å². The fourth-order valence-corrected chi connectivity index (χ4v) is 5.68. The summed E-state index contributed by atoms with van der Waals surface area (Å²) in [4.78, 5) is 14.5. The molecular formula is C35H29N3O. The predicted octanol–water partition coefficient (Wildman–Crippen LogP) is 9.66. The monoisotopic (exact) mass is 507 g/mol. The maximum Gasteiger partial charge on any atom is 0.227 e. The van der Waals surface area contributed by atoms with Crippen LogP contribution in [-0.4, -0.2) is 15.0 Å². The Kier molecular flexibility index (Phi) is 5.44. The van der Waals surface area contributed by atoms with Crippen LogP contribution < -0.4 is 0 Å². The average Bonchev–Trinajstić information content (AvgIpc) is 3.34. The number of pyridine rings is 1. The fourth-order valence-electron chi connectivity index (χ4n) is 5.68. The lowest BCUT2D eigenvalue weighted by atomic mass is 9.88. The summed E-state index contributed by atoms with van der Waals surface area (Å²) in [7, 11) is 0. The van der Waals surface area contributed by atoms with Gasteiger partial charge in [0.25, 0.3) is 0 Å². The molecule has 0 unspecified atom stereocenters. The van der Waals surface area contributed by atoms with E-state index in [2.05, 4.69) is 94.4 Å². The fraction of sp³-hybridized carbons (Fsp3) is 0.171. The van der Waals surface area contributed by atoms with E-state index < -0.39 is 0 Å². The minimum atomic E-state index is 0.374. The van der Waals surface area contributed by atoms with Gasteiger partial charge in [-0.2, -0.15) is 0 Å². The van der Waals surface area contributed by atoms with Crippen LogP contribution in [0.1, 0.15) is 50.7 Å². The molecule has 4 aromatic carbocycles. The molecule has 0 saturated carbocycles. The van der Waals surface area contributed by atoms with E-state index in [1.54, 1.807) is 6.33 Å². The van der Waals surface area contributed by atoms with E-state index in [1.807, 2.05) is 18.2 Å². The molecule has 0 spiro atoms. The Hall–Kier alpha value is -4.57. The van der Waals surface area contributed by atoms with Gasteiger partial charge < -0.3 is 4.42 Å². The number of aromatic nitrogens is 3. The standard InChI is InChI=1S/C35H29N3O/c1-20(2)24-17-23-13-14-27-32(36-19-37-33(27)31(23)29(18-24)21(3)4)28-12-8-11-25-26-15-16-30(22-9-6-5-7-10-22)38-35(26)39-34(25)28/h5-21H,1-4H3. The smallest absolute Gasteiger partial charge is 0.227 e. The Morgan fingerprint density at radius 2 is 1.51 bits per heavy atom. The van der Waals surface area contributed by atoms with Crippen molar-refractivity contribution in [3.05, 3.63) is 102 Å². The third kappa shape index (κ3) is 3.78. The summed E-state index contributed by atoms with van der Waals surface area (Å²) in [5.41, 5.74) is 8.87. The van der Waals surface area contributed by atoms with E-state index in [-0.39, 0.29) is 0 Å². The molecule has 0 amide bonds. The lowest BCUT2D eigenvalue weighted by molar-refractivity contribution is 0.655. The minimum Gasteiger partial charge on any atom is -0.437 e. The first-order chi connectivity index (χ1) is 19.0. The Balaban J connectivity index is 1.48. The van der Waals surface area contributed by atoms with Crippen molar-refractivity contribution in [1.29, 1.82) is 0 Å². The van der Waals surface area contributed by atoms with Gasteiger partial charge in [0.05, 0.1) is 16.9 Å². The van der Waals surface area contributed by atoms with Gasteiger partial charge in [-0.3, -0.25) is 0 Å². The van der Waals surface area contributed by atoms with E-state index in [9.17, 15) is 0 Å². The normalized spacial score (nSPS) is 12.1. The Bertz CT molecular complexity index is 2020. The molecule has 3 aromatic heterocycles. The number of nitrogens with zero attached hydrogens (tertiary/aromatic N) is 3. The lowest BCUT2D eigenvalue weighted by Gasteiger charge is -2.17. The second-order valence-electron chi connectivity index (χ2n) is 10.9.